The Balaban J connectivity index is 3.17. The standard InChI is InChI=1S/C20H36O3P2/c1-9-22-25(21,23-10-2)16-18-14-12-11-13-17(18)15-24(19(3,4)5)20(6,7)8/h11-14H,9-10,15-16H2,1-8H3. The van der Waals surface area contributed by atoms with Crippen molar-refractivity contribution in [3.8, 4) is 0 Å². The van der Waals surface area contributed by atoms with Crippen molar-refractivity contribution in [1.82, 2.24) is 0 Å². The van der Waals surface area contributed by atoms with Gasteiger partial charge in [-0.25, -0.2) is 0 Å². The highest BCUT2D eigenvalue weighted by atomic mass is 31.2. The highest BCUT2D eigenvalue weighted by molar-refractivity contribution is 7.60. The number of rotatable bonds is 8. The summed E-state index contributed by atoms with van der Waals surface area (Å²) in [5.41, 5.74) is 2.37. The van der Waals surface area contributed by atoms with Crippen molar-refractivity contribution >= 4 is 15.5 Å². The SMILES string of the molecule is CCOP(=O)(Cc1ccccc1CP(C(C)(C)C)C(C)(C)C)OCC. The third-order valence-corrected chi connectivity index (χ3v) is 10.0. The van der Waals surface area contributed by atoms with Gasteiger partial charge in [0.2, 0.25) is 0 Å². The average Bonchev–Trinajstić information content (AvgIpc) is 2.44. The zero-order valence-corrected chi connectivity index (χ0v) is 19.0. The van der Waals surface area contributed by atoms with Crippen molar-refractivity contribution in [3.63, 3.8) is 0 Å². The first kappa shape index (κ1) is 22.8. The highest BCUT2D eigenvalue weighted by Crippen LogP contribution is 2.62. The van der Waals surface area contributed by atoms with Gasteiger partial charge in [-0.05, 0) is 41.4 Å². The zero-order chi connectivity index (χ0) is 19.3. The quantitative estimate of drug-likeness (QED) is 0.450. The first-order valence-corrected chi connectivity index (χ1v) is 12.4. The van der Waals surface area contributed by atoms with Gasteiger partial charge in [0.15, 0.2) is 0 Å². The summed E-state index contributed by atoms with van der Waals surface area (Å²) in [6, 6.07) is 8.32. The maximum atomic E-state index is 13.0. The van der Waals surface area contributed by atoms with E-state index in [1.165, 1.54) is 5.56 Å². The largest absolute Gasteiger partial charge is 0.335 e. The topological polar surface area (TPSA) is 35.5 Å². The van der Waals surface area contributed by atoms with Gasteiger partial charge in [0.1, 0.15) is 0 Å². The van der Waals surface area contributed by atoms with Crippen LogP contribution in [-0.2, 0) is 25.9 Å². The number of benzene rings is 1. The van der Waals surface area contributed by atoms with E-state index in [1.54, 1.807) is 0 Å². The van der Waals surface area contributed by atoms with Crippen LogP contribution in [0.2, 0.25) is 0 Å². The van der Waals surface area contributed by atoms with Crippen molar-refractivity contribution in [2.75, 3.05) is 13.2 Å². The lowest BCUT2D eigenvalue weighted by Crippen LogP contribution is -2.26. The van der Waals surface area contributed by atoms with Gasteiger partial charge < -0.3 is 9.05 Å². The van der Waals surface area contributed by atoms with Crippen LogP contribution in [0.1, 0.15) is 66.5 Å². The Morgan fingerprint density at radius 2 is 1.32 bits per heavy atom. The van der Waals surface area contributed by atoms with Gasteiger partial charge in [-0.3, -0.25) is 4.57 Å². The Morgan fingerprint density at radius 1 is 0.880 bits per heavy atom. The normalized spacial score (nSPS) is 13.5. The molecule has 0 amide bonds. The lowest BCUT2D eigenvalue weighted by Gasteiger charge is -2.42. The third-order valence-electron chi connectivity index (χ3n) is 4.08. The van der Waals surface area contributed by atoms with E-state index in [2.05, 4.69) is 59.7 Å². The van der Waals surface area contributed by atoms with Crippen LogP contribution in [0.15, 0.2) is 24.3 Å². The molecule has 25 heavy (non-hydrogen) atoms. The fourth-order valence-corrected chi connectivity index (χ4v) is 8.63. The molecule has 1 rings (SSSR count). The summed E-state index contributed by atoms with van der Waals surface area (Å²) >= 11 is 0. The Morgan fingerprint density at radius 3 is 1.72 bits per heavy atom. The molecule has 5 heteroatoms. The molecule has 0 aliphatic heterocycles. The first-order valence-electron chi connectivity index (χ1n) is 9.15. The molecule has 0 bridgehead atoms. The second-order valence-electron chi connectivity index (χ2n) is 8.30. The molecule has 0 heterocycles. The van der Waals surface area contributed by atoms with E-state index >= 15 is 0 Å². The first-order chi connectivity index (χ1) is 11.4. The average molecular weight is 386 g/mol. The minimum atomic E-state index is -3.09. The molecule has 0 unspecified atom stereocenters. The molecule has 0 spiro atoms. The zero-order valence-electron chi connectivity index (χ0n) is 17.3. The fourth-order valence-electron chi connectivity index (χ4n) is 3.25. The van der Waals surface area contributed by atoms with Crippen LogP contribution in [0.25, 0.3) is 0 Å². The summed E-state index contributed by atoms with van der Waals surface area (Å²) in [7, 11) is -3.35. The van der Waals surface area contributed by atoms with Crippen LogP contribution >= 0.6 is 15.5 Å². The molecular weight excluding hydrogens is 350 g/mol. The molecule has 0 saturated heterocycles. The van der Waals surface area contributed by atoms with Crippen molar-refractivity contribution in [1.29, 1.82) is 0 Å². The van der Waals surface area contributed by atoms with Crippen LogP contribution in [-0.4, -0.2) is 23.5 Å². The molecule has 0 aliphatic carbocycles. The molecule has 0 N–H and O–H groups in total. The van der Waals surface area contributed by atoms with Crippen LogP contribution in [0, 0.1) is 0 Å². The van der Waals surface area contributed by atoms with Crippen LogP contribution in [0.3, 0.4) is 0 Å². The minimum Gasteiger partial charge on any atom is -0.309 e. The smallest absolute Gasteiger partial charge is 0.309 e. The second kappa shape index (κ2) is 9.14. The molecule has 144 valence electrons. The Bertz CT molecular complexity index is 561. The van der Waals surface area contributed by atoms with Crippen LogP contribution in [0.5, 0.6) is 0 Å². The van der Waals surface area contributed by atoms with E-state index < -0.39 is 7.60 Å². The number of hydrogen-bond donors (Lipinski definition) is 0. The van der Waals surface area contributed by atoms with Gasteiger partial charge in [-0.15, -0.1) is 0 Å². The van der Waals surface area contributed by atoms with Gasteiger partial charge in [-0.2, -0.15) is 0 Å². The Kier molecular flexibility index (Phi) is 8.35. The van der Waals surface area contributed by atoms with E-state index in [4.69, 9.17) is 9.05 Å². The second-order valence-corrected chi connectivity index (χ2v) is 14.2. The molecule has 0 atom stereocenters. The lowest BCUT2D eigenvalue weighted by molar-refractivity contribution is 0.219. The summed E-state index contributed by atoms with van der Waals surface area (Å²) in [6.45, 7) is 18.5. The predicted molar refractivity (Wildman–Crippen MR) is 111 cm³/mol. The Labute approximate surface area is 156 Å². The monoisotopic (exact) mass is 386 g/mol. The molecular formula is C20H36O3P2. The van der Waals surface area contributed by atoms with Crippen molar-refractivity contribution in [2.45, 2.75) is 78.0 Å². The van der Waals surface area contributed by atoms with E-state index in [0.717, 1.165) is 11.7 Å². The van der Waals surface area contributed by atoms with Gasteiger partial charge >= 0.3 is 7.60 Å². The molecule has 0 radical (unpaired) electrons. The van der Waals surface area contributed by atoms with Crippen molar-refractivity contribution in [3.05, 3.63) is 35.4 Å². The molecule has 0 fully saturated rings. The molecule has 0 saturated carbocycles. The lowest BCUT2D eigenvalue weighted by atomic mass is 10.1. The van der Waals surface area contributed by atoms with Crippen LogP contribution < -0.4 is 0 Å². The van der Waals surface area contributed by atoms with Crippen molar-refractivity contribution in [2.24, 2.45) is 0 Å². The summed E-state index contributed by atoms with van der Waals surface area (Å²) in [5.74, 6) is 0. The Hall–Kier alpha value is -0.200. The highest BCUT2D eigenvalue weighted by Gasteiger charge is 2.35. The molecule has 3 nitrogen and oxygen atoms in total. The molecule has 1 aromatic carbocycles. The van der Waals surface area contributed by atoms with E-state index in [-0.39, 0.29) is 18.2 Å². The summed E-state index contributed by atoms with van der Waals surface area (Å²) in [5, 5.41) is 0.508. The van der Waals surface area contributed by atoms with Gasteiger partial charge in [0, 0.05) is 0 Å². The third kappa shape index (κ3) is 7.14. The van der Waals surface area contributed by atoms with E-state index in [0.29, 0.717) is 19.4 Å². The van der Waals surface area contributed by atoms with Crippen molar-refractivity contribution < 1.29 is 13.6 Å². The maximum Gasteiger partial charge on any atom is 0.335 e. The van der Waals surface area contributed by atoms with Gasteiger partial charge in [0.25, 0.3) is 0 Å². The number of hydrogen-bond acceptors (Lipinski definition) is 3. The summed E-state index contributed by atoms with van der Waals surface area (Å²) in [4.78, 5) is 0. The van der Waals surface area contributed by atoms with Gasteiger partial charge in [0.05, 0.1) is 19.4 Å². The molecule has 1 aromatic rings. The van der Waals surface area contributed by atoms with Crippen LogP contribution in [0.4, 0.5) is 0 Å². The summed E-state index contributed by atoms with van der Waals surface area (Å²) < 4.78 is 24.0. The molecule has 0 aliphatic rings. The maximum absolute atomic E-state index is 13.0. The van der Waals surface area contributed by atoms with E-state index in [9.17, 15) is 4.57 Å². The van der Waals surface area contributed by atoms with E-state index in [1.807, 2.05) is 19.9 Å². The fraction of sp³-hybridized carbons (Fsp3) is 0.700. The van der Waals surface area contributed by atoms with Gasteiger partial charge in [-0.1, -0.05) is 73.7 Å². The summed E-state index contributed by atoms with van der Waals surface area (Å²) in [6.07, 6.45) is 1.37. The predicted octanol–water partition coefficient (Wildman–Crippen LogP) is 7.03. The molecule has 0 aromatic heterocycles. The minimum absolute atomic E-state index is 0.254.